The largest absolute Gasteiger partial charge is 0.370 e. The minimum atomic E-state index is 0. The summed E-state index contributed by atoms with van der Waals surface area (Å²) in [4.78, 5) is 4.37. The molecule has 0 aliphatic heterocycles. The molecule has 0 saturated heterocycles. The first-order chi connectivity index (χ1) is 8.15. The number of rotatable bonds is 5. The highest BCUT2D eigenvalue weighted by Crippen LogP contribution is 2.10. The Morgan fingerprint density at radius 2 is 2.00 bits per heavy atom. The van der Waals surface area contributed by atoms with E-state index in [0.717, 1.165) is 25.1 Å². The predicted molar refractivity (Wildman–Crippen MR) is 90.8 cm³/mol. The minimum absolute atomic E-state index is 0. The number of aryl methyl sites for hydroxylation is 1. The number of aliphatic imine (C=N–C) groups is 1. The molecule has 0 amide bonds. The molecule has 3 N–H and O–H groups in total. The van der Waals surface area contributed by atoms with E-state index in [1.165, 1.54) is 5.56 Å². The van der Waals surface area contributed by atoms with Crippen LogP contribution in [0.5, 0.6) is 0 Å². The Kier molecular flexibility index (Phi) is 8.79. The van der Waals surface area contributed by atoms with Crippen LogP contribution in [0, 0.1) is 12.8 Å². The maximum Gasteiger partial charge on any atom is 0.193 e. The molecule has 0 aromatic heterocycles. The molecule has 0 unspecified atom stereocenters. The lowest BCUT2D eigenvalue weighted by Gasteiger charge is -2.10. The van der Waals surface area contributed by atoms with Crippen molar-refractivity contribution >= 4 is 35.6 Å². The van der Waals surface area contributed by atoms with E-state index < -0.39 is 0 Å². The Hall–Kier alpha value is -0.780. The van der Waals surface area contributed by atoms with Crippen LogP contribution in [-0.4, -0.2) is 12.5 Å². The average Bonchev–Trinajstić information content (AvgIpc) is 2.30. The van der Waals surface area contributed by atoms with Crippen molar-refractivity contribution in [3.63, 3.8) is 0 Å². The molecular weight excluding hydrogens is 337 g/mol. The molecule has 102 valence electrons. The van der Waals surface area contributed by atoms with Gasteiger partial charge in [0.15, 0.2) is 5.96 Å². The van der Waals surface area contributed by atoms with Gasteiger partial charge in [-0.15, -0.1) is 24.0 Å². The fraction of sp³-hybridized carbons (Fsp3) is 0.500. The molecule has 0 aliphatic carbocycles. The van der Waals surface area contributed by atoms with Gasteiger partial charge in [-0.05, 0) is 30.5 Å². The molecule has 0 aliphatic rings. The van der Waals surface area contributed by atoms with Crippen molar-refractivity contribution in [3.8, 4) is 0 Å². The van der Waals surface area contributed by atoms with Gasteiger partial charge in [-0.3, -0.25) is 4.99 Å². The monoisotopic (exact) mass is 361 g/mol. The van der Waals surface area contributed by atoms with Gasteiger partial charge in [0.2, 0.25) is 0 Å². The van der Waals surface area contributed by atoms with Crippen molar-refractivity contribution in [1.29, 1.82) is 0 Å². The molecule has 1 aromatic carbocycles. The van der Waals surface area contributed by atoms with Crippen LogP contribution in [0.1, 0.15) is 32.3 Å². The van der Waals surface area contributed by atoms with Gasteiger partial charge in [0.1, 0.15) is 0 Å². The fourth-order valence-corrected chi connectivity index (χ4v) is 1.68. The van der Waals surface area contributed by atoms with Crippen LogP contribution >= 0.6 is 24.0 Å². The number of guanidine groups is 1. The van der Waals surface area contributed by atoms with Gasteiger partial charge in [-0.25, -0.2) is 0 Å². The zero-order valence-corrected chi connectivity index (χ0v) is 13.8. The number of hydrogen-bond donors (Lipinski definition) is 2. The Morgan fingerprint density at radius 1 is 1.33 bits per heavy atom. The second kappa shape index (κ2) is 9.19. The highest BCUT2D eigenvalue weighted by Gasteiger charge is 2.02. The highest BCUT2D eigenvalue weighted by molar-refractivity contribution is 14.0. The summed E-state index contributed by atoms with van der Waals surface area (Å²) >= 11 is 0. The van der Waals surface area contributed by atoms with E-state index in [1.807, 2.05) is 12.1 Å². The summed E-state index contributed by atoms with van der Waals surface area (Å²) < 4.78 is 0. The first-order valence-electron chi connectivity index (χ1n) is 6.29. The summed E-state index contributed by atoms with van der Waals surface area (Å²) in [5, 5.41) is 3.11. The number of nitrogens with zero attached hydrogens (tertiary/aromatic N) is 1. The molecule has 4 heteroatoms. The van der Waals surface area contributed by atoms with Crippen LogP contribution in [0.2, 0.25) is 0 Å². The van der Waals surface area contributed by atoms with Crippen molar-refractivity contribution in [2.24, 2.45) is 16.6 Å². The Balaban J connectivity index is 0.00000289. The van der Waals surface area contributed by atoms with E-state index >= 15 is 0 Å². The molecule has 1 rings (SSSR count). The van der Waals surface area contributed by atoms with Gasteiger partial charge in [-0.1, -0.05) is 38.8 Å². The lowest BCUT2D eigenvalue weighted by Crippen LogP contribution is -2.23. The summed E-state index contributed by atoms with van der Waals surface area (Å²) in [6.45, 7) is 7.24. The third kappa shape index (κ3) is 6.23. The lowest BCUT2D eigenvalue weighted by atomic mass is 10.0. The van der Waals surface area contributed by atoms with E-state index in [0.29, 0.717) is 11.9 Å². The molecular formula is C14H24IN3. The first kappa shape index (κ1) is 17.2. The van der Waals surface area contributed by atoms with Gasteiger partial charge in [0, 0.05) is 12.2 Å². The summed E-state index contributed by atoms with van der Waals surface area (Å²) in [6.07, 6.45) is 2.30. The van der Waals surface area contributed by atoms with Gasteiger partial charge in [-0.2, -0.15) is 0 Å². The second-order valence-corrected chi connectivity index (χ2v) is 4.40. The number of nitrogens with one attached hydrogen (secondary N) is 1. The summed E-state index contributed by atoms with van der Waals surface area (Å²) in [5.41, 5.74) is 8.06. The van der Waals surface area contributed by atoms with Gasteiger partial charge < -0.3 is 11.1 Å². The van der Waals surface area contributed by atoms with Crippen LogP contribution in [-0.2, 0) is 0 Å². The van der Waals surface area contributed by atoms with Crippen molar-refractivity contribution in [2.45, 2.75) is 33.6 Å². The van der Waals surface area contributed by atoms with E-state index in [4.69, 9.17) is 5.73 Å². The van der Waals surface area contributed by atoms with E-state index in [2.05, 4.69) is 43.2 Å². The number of halogens is 1. The summed E-state index contributed by atoms with van der Waals surface area (Å²) in [5.74, 6) is 1.13. The quantitative estimate of drug-likeness (QED) is 0.477. The molecule has 3 nitrogen and oxygen atoms in total. The fourth-order valence-electron chi connectivity index (χ4n) is 1.68. The molecule has 1 aromatic rings. The van der Waals surface area contributed by atoms with Gasteiger partial charge >= 0.3 is 0 Å². The first-order valence-corrected chi connectivity index (χ1v) is 6.29. The molecule has 0 radical (unpaired) electrons. The van der Waals surface area contributed by atoms with Gasteiger partial charge in [0.25, 0.3) is 0 Å². The Labute approximate surface area is 127 Å². The summed E-state index contributed by atoms with van der Waals surface area (Å²) in [6, 6.07) is 8.11. The maximum atomic E-state index is 5.85. The summed E-state index contributed by atoms with van der Waals surface area (Å²) in [7, 11) is 0. The van der Waals surface area contributed by atoms with Crippen LogP contribution < -0.4 is 11.1 Å². The topological polar surface area (TPSA) is 50.4 Å². The van der Waals surface area contributed by atoms with E-state index in [9.17, 15) is 0 Å². The smallest absolute Gasteiger partial charge is 0.193 e. The molecule has 0 spiro atoms. The normalized spacial score (nSPS) is 11.2. The van der Waals surface area contributed by atoms with Crippen molar-refractivity contribution < 1.29 is 0 Å². The second-order valence-electron chi connectivity index (χ2n) is 4.40. The zero-order chi connectivity index (χ0) is 12.7. The Morgan fingerprint density at radius 3 is 2.56 bits per heavy atom. The highest BCUT2D eigenvalue weighted by atomic mass is 127. The Bertz CT molecular complexity index is 373. The molecule has 0 saturated carbocycles. The zero-order valence-electron chi connectivity index (χ0n) is 11.4. The molecule has 0 atom stereocenters. The maximum absolute atomic E-state index is 5.85. The lowest BCUT2D eigenvalue weighted by molar-refractivity contribution is 0.506. The van der Waals surface area contributed by atoms with Crippen LogP contribution in [0.25, 0.3) is 0 Å². The third-order valence-corrected chi connectivity index (χ3v) is 2.97. The molecule has 0 fully saturated rings. The van der Waals surface area contributed by atoms with Crippen molar-refractivity contribution in [1.82, 2.24) is 0 Å². The van der Waals surface area contributed by atoms with Crippen LogP contribution in [0.3, 0.4) is 0 Å². The number of benzene rings is 1. The standard InChI is InChI=1S/C14H23N3.HI/c1-4-12(5-2)10-16-14(15)17-13-8-6-7-11(3)9-13;/h6-9,12H,4-5,10H2,1-3H3,(H3,15,16,17);1H. The number of hydrogen-bond acceptors (Lipinski definition) is 1. The molecule has 0 bridgehead atoms. The molecule has 0 heterocycles. The van der Waals surface area contributed by atoms with Gasteiger partial charge in [0.05, 0.1) is 0 Å². The van der Waals surface area contributed by atoms with E-state index in [-0.39, 0.29) is 24.0 Å². The number of nitrogens with two attached hydrogens (primary N) is 1. The third-order valence-electron chi connectivity index (χ3n) is 2.97. The average molecular weight is 361 g/mol. The van der Waals surface area contributed by atoms with Crippen LogP contribution in [0.4, 0.5) is 5.69 Å². The SMILES string of the molecule is CCC(CC)CN=C(N)Nc1cccc(C)c1.I. The van der Waals surface area contributed by atoms with Crippen LogP contribution in [0.15, 0.2) is 29.3 Å². The minimum Gasteiger partial charge on any atom is -0.370 e. The van der Waals surface area contributed by atoms with Crippen molar-refractivity contribution in [2.75, 3.05) is 11.9 Å². The predicted octanol–water partition coefficient (Wildman–Crippen LogP) is 3.78. The van der Waals surface area contributed by atoms with Crippen molar-refractivity contribution in [3.05, 3.63) is 29.8 Å². The molecule has 18 heavy (non-hydrogen) atoms. The van der Waals surface area contributed by atoms with E-state index in [1.54, 1.807) is 0 Å². The number of anilines is 1.